The fourth-order valence-electron chi connectivity index (χ4n) is 3.95. The average molecular weight is 276 g/mol. The Bertz CT molecular complexity index is 433. The molecule has 1 atom stereocenters. The van der Waals surface area contributed by atoms with Gasteiger partial charge in [0, 0.05) is 50.0 Å². The van der Waals surface area contributed by atoms with Crippen LogP contribution in [0.2, 0.25) is 0 Å². The third-order valence-electron chi connectivity index (χ3n) is 5.24. The molecule has 1 spiro atoms. The predicted octanol–water partition coefficient (Wildman–Crippen LogP) is 2.31. The van der Waals surface area contributed by atoms with Crippen molar-refractivity contribution in [3.63, 3.8) is 0 Å². The number of nitrogens with zero attached hydrogens (tertiary/aromatic N) is 3. The minimum Gasteiger partial charge on any atom is -0.311 e. The van der Waals surface area contributed by atoms with Crippen LogP contribution in [0.4, 0.5) is 0 Å². The third kappa shape index (κ3) is 2.77. The van der Waals surface area contributed by atoms with Gasteiger partial charge in [0.25, 0.3) is 0 Å². The van der Waals surface area contributed by atoms with Crippen molar-refractivity contribution in [3.8, 4) is 0 Å². The van der Waals surface area contributed by atoms with Crippen molar-refractivity contribution in [1.82, 2.24) is 20.0 Å². The third-order valence-corrected chi connectivity index (χ3v) is 5.24. The van der Waals surface area contributed by atoms with Gasteiger partial charge < -0.3 is 5.32 Å². The SMILES string of the molecule is CCC1CN(Cc2cnn(C)c2)C2(CCCCC2)CN1. The van der Waals surface area contributed by atoms with E-state index < -0.39 is 0 Å². The Morgan fingerprint density at radius 3 is 2.80 bits per heavy atom. The maximum absolute atomic E-state index is 4.33. The summed E-state index contributed by atoms with van der Waals surface area (Å²) >= 11 is 0. The van der Waals surface area contributed by atoms with Crippen LogP contribution in [0, 0.1) is 0 Å². The van der Waals surface area contributed by atoms with Crippen LogP contribution in [0.15, 0.2) is 12.4 Å². The summed E-state index contributed by atoms with van der Waals surface area (Å²) in [5, 5.41) is 8.12. The standard InChI is InChI=1S/C16H28N4/c1-3-15-12-20(11-14-9-18-19(2)10-14)16(13-17-15)7-5-4-6-8-16/h9-10,15,17H,3-8,11-13H2,1-2H3. The van der Waals surface area contributed by atoms with Gasteiger partial charge in [0.05, 0.1) is 6.20 Å². The summed E-state index contributed by atoms with van der Waals surface area (Å²) in [5.41, 5.74) is 1.76. The number of aryl methyl sites for hydroxylation is 1. The lowest BCUT2D eigenvalue weighted by Gasteiger charge is -2.52. The van der Waals surface area contributed by atoms with Crippen molar-refractivity contribution in [2.45, 2.75) is 63.6 Å². The molecule has 112 valence electrons. The molecular weight excluding hydrogens is 248 g/mol. The van der Waals surface area contributed by atoms with Gasteiger partial charge in [-0.2, -0.15) is 5.10 Å². The van der Waals surface area contributed by atoms with Crippen molar-refractivity contribution < 1.29 is 0 Å². The molecule has 1 aromatic heterocycles. The van der Waals surface area contributed by atoms with Crippen LogP contribution in [0.1, 0.15) is 51.0 Å². The highest BCUT2D eigenvalue weighted by molar-refractivity contribution is 5.08. The molecule has 1 aliphatic heterocycles. The first-order valence-electron chi connectivity index (χ1n) is 8.18. The van der Waals surface area contributed by atoms with E-state index in [1.54, 1.807) is 0 Å². The van der Waals surface area contributed by atoms with E-state index in [0.29, 0.717) is 11.6 Å². The summed E-state index contributed by atoms with van der Waals surface area (Å²) in [7, 11) is 2.01. The minimum atomic E-state index is 0.403. The largest absolute Gasteiger partial charge is 0.311 e. The van der Waals surface area contributed by atoms with Crippen LogP contribution in [0.25, 0.3) is 0 Å². The van der Waals surface area contributed by atoms with Crippen molar-refractivity contribution in [3.05, 3.63) is 18.0 Å². The van der Waals surface area contributed by atoms with Crippen molar-refractivity contribution >= 4 is 0 Å². The van der Waals surface area contributed by atoms with E-state index in [1.807, 2.05) is 17.9 Å². The number of nitrogens with one attached hydrogen (secondary N) is 1. The number of rotatable bonds is 3. The number of piperazine rings is 1. The molecule has 3 rings (SSSR count). The summed E-state index contributed by atoms with van der Waals surface area (Å²) < 4.78 is 1.92. The zero-order chi connectivity index (χ0) is 14.0. The monoisotopic (exact) mass is 276 g/mol. The highest BCUT2D eigenvalue weighted by atomic mass is 15.3. The van der Waals surface area contributed by atoms with Crippen LogP contribution in [0.3, 0.4) is 0 Å². The lowest BCUT2D eigenvalue weighted by molar-refractivity contribution is 0.00272. The molecule has 0 aromatic carbocycles. The molecule has 1 aliphatic carbocycles. The normalized spacial score (nSPS) is 27.0. The van der Waals surface area contributed by atoms with E-state index >= 15 is 0 Å². The molecule has 0 amide bonds. The second-order valence-corrected chi connectivity index (χ2v) is 6.67. The highest BCUT2D eigenvalue weighted by Gasteiger charge is 2.41. The van der Waals surface area contributed by atoms with Crippen LogP contribution >= 0.6 is 0 Å². The molecule has 4 nitrogen and oxygen atoms in total. The lowest BCUT2D eigenvalue weighted by Crippen LogP contribution is -2.64. The van der Waals surface area contributed by atoms with Gasteiger partial charge in [-0.25, -0.2) is 0 Å². The summed E-state index contributed by atoms with van der Waals surface area (Å²) in [5.74, 6) is 0. The Kier molecular flexibility index (Phi) is 4.13. The Balaban J connectivity index is 1.77. The Morgan fingerprint density at radius 2 is 2.15 bits per heavy atom. The molecule has 1 unspecified atom stereocenters. The van der Waals surface area contributed by atoms with Crippen LogP contribution in [-0.2, 0) is 13.6 Å². The summed E-state index contributed by atoms with van der Waals surface area (Å²) in [6.07, 6.45) is 12.3. The Labute approximate surface area is 122 Å². The molecule has 1 N–H and O–H groups in total. The molecule has 20 heavy (non-hydrogen) atoms. The molecule has 1 aromatic rings. The first-order chi connectivity index (χ1) is 9.72. The molecular formula is C16H28N4. The summed E-state index contributed by atoms with van der Waals surface area (Å²) in [4.78, 5) is 2.76. The number of aromatic nitrogens is 2. The van der Waals surface area contributed by atoms with Crippen molar-refractivity contribution in [2.75, 3.05) is 13.1 Å². The topological polar surface area (TPSA) is 33.1 Å². The summed E-state index contributed by atoms with van der Waals surface area (Å²) in [6.45, 7) is 5.71. The zero-order valence-electron chi connectivity index (χ0n) is 12.9. The molecule has 0 bridgehead atoms. The Morgan fingerprint density at radius 1 is 1.35 bits per heavy atom. The first kappa shape index (κ1) is 14.1. The predicted molar refractivity (Wildman–Crippen MR) is 81.5 cm³/mol. The van der Waals surface area contributed by atoms with E-state index in [1.165, 1.54) is 57.2 Å². The van der Waals surface area contributed by atoms with Gasteiger partial charge >= 0.3 is 0 Å². The van der Waals surface area contributed by atoms with Gasteiger partial charge in [-0.15, -0.1) is 0 Å². The fourth-order valence-corrected chi connectivity index (χ4v) is 3.95. The highest BCUT2D eigenvalue weighted by Crippen LogP contribution is 2.36. The van der Waals surface area contributed by atoms with Gasteiger partial charge in [-0.05, 0) is 19.3 Å². The van der Waals surface area contributed by atoms with Crippen LogP contribution < -0.4 is 5.32 Å². The van der Waals surface area contributed by atoms with Gasteiger partial charge in [-0.1, -0.05) is 26.2 Å². The molecule has 2 heterocycles. The second-order valence-electron chi connectivity index (χ2n) is 6.67. The second kappa shape index (κ2) is 5.86. The van der Waals surface area contributed by atoms with Crippen molar-refractivity contribution in [2.24, 2.45) is 7.05 Å². The van der Waals surface area contributed by atoms with Gasteiger partial charge in [0.1, 0.15) is 0 Å². The first-order valence-corrected chi connectivity index (χ1v) is 8.18. The Hall–Kier alpha value is -0.870. The van der Waals surface area contributed by atoms with Crippen molar-refractivity contribution in [1.29, 1.82) is 0 Å². The maximum atomic E-state index is 4.33. The zero-order valence-corrected chi connectivity index (χ0v) is 12.9. The van der Waals surface area contributed by atoms with Crippen LogP contribution in [-0.4, -0.2) is 39.4 Å². The van der Waals surface area contributed by atoms with E-state index in [2.05, 4.69) is 28.4 Å². The molecule has 1 saturated carbocycles. The quantitative estimate of drug-likeness (QED) is 0.919. The molecule has 0 radical (unpaired) electrons. The van der Waals surface area contributed by atoms with Crippen LogP contribution in [0.5, 0.6) is 0 Å². The van der Waals surface area contributed by atoms with E-state index in [4.69, 9.17) is 0 Å². The minimum absolute atomic E-state index is 0.403. The average Bonchev–Trinajstić information content (AvgIpc) is 2.88. The lowest BCUT2D eigenvalue weighted by atomic mass is 9.78. The van der Waals surface area contributed by atoms with Gasteiger partial charge in [0.2, 0.25) is 0 Å². The molecule has 4 heteroatoms. The molecule has 1 saturated heterocycles. The fraction of sp³-hybridized carbons (Fsp3) is 0.812. The molecule has 2 aliphatic rings. The maximum Gasteiger partial charge on any atom is 0.0534 e. The molecule has 2 fully saturated rings. The van der Waals surface area contributed by atoms with Gasteiger partial charge in [0.15, 0.2) is 0 Å². The van der Waals surface area contributed by atoms with E-state index in [9.17, 15) is 0 Å². The van der Waals surface area contributed by atoms with E-state index in [-0.39, 0.29) is 0 Å². The van der Waals surface area contributed by atoms with E-state index in [0.717, 1.165) is 6.54 Å². The smallest absolute Gasteiger partial charge is 0.0534 e. The number of hydrogen-bond donors (Lipinski definition) is 1. The number of hydrogen-bond acceptors (Lipinski definition) is 3. The summed E-state index contributed by atoms with van der Waals surface area (Å²) in [6, 6.07) is 0.652. The van der Waals surface area contributed by atoms with Gasteiger partial charge in [-0.3, -0.25) is 9.58 Å².